The second-order valence-electron chi connectivity index (χ2n) is 10.1. The Hall–Kier alpha value is -1.80. The number of nitrogens with one attached hydrogen (secondary N) is 1. The summed E-state index contributed by atoms with van der Waals surface area (Å²) in [6.07, 6.45) is 5.26. The molecule has 31 heavy (non-hydrogen) atoms. The lowest BCUT2D eigenvalue weighted by molar-refractivity contribution is -0.147. The van der Waals surface area contributed by atoms with E-state index < -0.39 is 21.8 Å². The Balaban J connectivity index is 1.41. The van der Waals surface area contributed by atoms with Gasteiger partial charge in [0.25, 0.3) is 0 Å². The first-order chi connectivity index (χ1) is 14.7. The van der Waals surface area contributed by atoms with Gasteiger partial charge in [-0.05, 0) is 87.3 Å². The van der Waals surface area contributed by atoms with Gasteiger partial charge in [0, 0.05) is 16.5 Å². The number of nitrogens with two attached hydrogens (primary N) is 1. The summed E-state index contributed by atoms with van der Waals surface area (Å²) in [7, 11) is -3.03. The first-order valence-electron chi connectivity index (χ1n) is 11.0. The third-order valence-electron chi connectivity index (χ3n) is 8.28. The van der Waals surface area contributed by atoms with Crippen molar-refractivity contribution in [1.82, 2.24) is 5.32 Å². The molecule has 1 aromatic carbocycles. The van der Waals surface area contributed by atoms with E-state index in [0.717, 1.165) is 32.1 Å². The first-order valence-corrected chi connectivity index (χ1v) is 12.5. The smallest absolute Gasteiger partial charge is 0.247 e. The number of hydrogen-bond donors (Lipinski definition) is 3. The summed E-state index contributed by atoms with van der Waals surface area (Å²) >= 11 is 6.23. The minimum atomic E-state index is -3.03. The minimum absolute atomic E-state index is 0.0270. The first kappa shape index (κ1) is 21.1. The molecular weight excluding hydrogens is 438 g/mol. The Labute approximate surface area is 188 Å². The summed E-state index contributed by atoms with van der Waals surface area (Å²) in [6, 6.07) is 5.07. The van der Waals surface area contributed by atoms with E-state index in [1.165, 1.54) is 4.31 Å². The van der Waals surface area contributed by atoms with Gasteiger partial charge < -0.3 is 11.1 Å². The van der Waals surface area contributed by atoms with Gasteiger partial charge in [-0.25, -0.2) is 8.42 Å². The molecule has 5 saturated carbocycles. The van der Waals surface area contributed by atoms with Crippen LogP contribution in [0.3, 0.4) is 0 Å². The fraction of sp³-hybridized carbons (Fsp3) is 0.636. The summed E-state index contributed by atoms with van der Waals surface area (Å²) in [4.78, 5) is 25.7. The normalized spacial score (nSPS) is 34.5. The molecule has 4 bridgehead atoms. The molecule has 5 aliphatic rings. The SMILES string of the molecule is Cc1c(Cl)cccc1N([SH](=O)=O)C1(C(=O)NC2C3CC4CC2CC(C(N)=O)(C4)C3)CC1. The Morgan fingerprint density at radius 3 is 2.35 bits per heavy atom. The summed E-state index contributed by atoms with van der Waals surface area (Å²) in [5.41, 5.74) is 5.35. The van der Waals surface area contributed by atoms with Gasteiger partial charge in [-0.1, -0.05) is 17.7 Å². The molecule has 5 aliphatic carbocycles. The minimum Gasteiger partial charge on any atom is -0.369 e. The maximum Gasteiger partial charge on any atom is 0.247 e. The molecule has 0 spiro atoms. The molecule has 2 atom stereocenters. The molecule has 2 unspecified atom stereocenters. The van der Waals surface area contributed by atoms with Crippen LogP contribution in [0, 0.1) is 30.1 Å². The predicted octanol–water partition coefficient (Wildman–Crippen LogP) is 2.31. The van der Waals surface area contributed by atoms with Crippen LogP contribution >= 0.6 is 11.6 Å². The highest BCUT2D eigenvalue weighted by atomic mass is 35.5. The van der Waals surface area contributed by atoms with Crippen molar-refractivity contribution in [2.24, 2.45) is 28.9 Å². The number of halogens is 1. The van der Waals surface area contributed by atoms with Crippen LogP contribution < -0.4 is 15.4 Å². The quantitative estimate of drug-likeness (QED) is 0.560. The maximum atomic E-state index is 13.5. The molecule has 0 aromatic heterocycles. The van der Waals surface area contributed by atoms with Crippen LogP contribution in [0.2, 0.25) is 5.02 Å². The van der Waals surface area contributed by atoms with Gasteiger partial charge in [-0.3, -0.25) is 13.9 Å². The Morgan fingerprint density at radius 1 is 1.16 bits per heavy atom. The third-order valence-corrected chi connectivity index (χ3v) is 9.61. The topological polar surface area (TPSA) is 110 Å². The zero-order chi connectivity index (χ0) is 22.1. The summed E-state index contributed by atoms with van der Waals surface area (Å²) < 4.78 is 25.8. The highest BCUT2D eigenvalue weighted by Crippen LogP contribution is 2.60. The maximum absolute atomic E-state index is 13.5. The van der Waals surface area contributed by atoms with Crippen molar-refractivity contribution in [2.75, 3.05) is 4.31 Å². The van der Waals surface area contributed by atoms with E-state index in [-0.39, 0.29) is 29.7 Å². The van der Waals surface area contributed by atoms with Crippen molar-refractivity contribution >= 4 is 40.0 Å². The zero-order valence-corrected chi connectivity index (χ0v) is 19.1. The number of anilines is 1. The van der Waals surface area contributed by atoms with Crippen molar-refractivity contribution in [2.45, 2.75) is 63.5 Å². The fourth-order valence-electron chi connectivity index (χ4n) is 6.80. The van der Waals surface area contributed by atoms with Crippen molar-refractivity contribution in [3.63, 3.8) is 0 Å². The standard InChI is InChI=1S/C22H28ClN3O4S/c1-12-16(23)3-2-4-17(12)26(31(29)30)22(5-6-22)20(28)25-18-14-7-13-8-15(18)11-21(9-13,10-14)19(24)27/h2-4,13-15,18,31H,5-11H2,1H3,(H2,24,27)(H,25,28). The Morgan fingerprint density at radius 2 is 1.81 bits per heavy atom. The number of benzene rings is 1. The number of rotatable bonds is 6. The van der Waals surface area contributed by atoms with Crippen LogP contribution in [-0.2, 0) is 20.5 Å². The monoisotopic (exact) mass is 465 g/mol. The second-order valence-corrected chi connectivity index (χ2v) is 11.4. The van der Waals surface area contributed by atoms with E-state index in [2.05, 4.69) is 5.32 Å². The van der Waals surface area contributed by atoms with Crippen LogP contribution in [0.15, 0.2) is 18.2 Å². The molecule has 6 rings (SSSR count). The number of thiol groups is 1. The molecule has 168 valence electrons. The predicted molar refractivity (Wildman–Crippen MR) is 118 cm³/mol. The molecule has 1 aromatic rings. The molecule has 0 radical (unpaired) electrons. The molecule has 3 N–H and O–H groups in total. The number of primary amides is 1. The lowest BCUT2D eigenvalue weighted by Gasteiger charge is -2.59. The van der Waals surface area contributed by atoms with Gasteiger partial charge in [-0.2, -0.15) is 0 Å². The largest absolute Gasteiger partial charge is 0.369 e. The van der Waals surface area contributed by atoms with Gasteiger partial charge in [-0.15, -0.1) is 0 Å². The average Bonchev–Trinajstić information content (AvgIpc) is 3.49. The van der Waals surface area contributed by atoms with Gasteiger partial charge in [0.2, 0.25) is 22.7 Å². The van der Waals surface area contributed by atoms with Crippen LogP contribution in [0.1, 0.15) is 50.5 Å². The van der Waals surface area contributed by atoms with E-state index in [4.69, 9.17) is 17.3 Å². The van der Waals surface area contributed by atoms with E-state index in [1.54, 1.807) is 25.1 Å². The third kappa shape index (κ3) is 3.17. The molecule has 7 nitrogen and oxygen atoms in total. The fourth-order valence-corrected chi connectivity index (χ4v) is 7.97. The van der Waals surface area contributed by atoms with E-state index in [0.29, 0.717) is 35.0 Å². The summed E-state index contributed by atoms with van der Waals surface area (Å²) in [6.45, 7) is 1.76. The second kappa shape index (κ2) is 7.10. The van der Waals surface area contributed by atoms with Crippen LogP contribution in [0.4, 0.5) is 5.69 Å². The zero-order valence-electron chi connectivity index (χ0n) is 17.5. The highest BCUT2D eigenvalue weighted by molar-refractivity contribution is 7.74. The van der Waals surface area contributed by atoms with Gasteiger partial charge in [0.1, 0.15) is 5.54 Å². The van der Waals surface area contributed by atoms with Crippen molar-refractivity contribution in [3.05, 3.63) is 28.8 Å². The van der Waals surface area contributed by atoms with Crippen LogP contribution in [-0.4, -0.2) is 31.8 Å². The molecule has 9 heteroatoms. The molecule has 0 aliphatic heterocycles. The van der Waals surface area contributed by atoms with Gasteiger partial charge >= 0.3 is 0 Å². The van der Waals surface area contributed by atoms with E-state index in [1.807, 2.05) is 0 Å². The molecule has 0 saturated heterocycles. The number of amides is 2. The number of nitrogens with zero attached hydrogens (tertiary/aromatic N) is 1. The number of carbonyl (C=O) groups excluding carboxylic acids is 2. The number of carbonyl (C=O) groups is 2. The van der Waals surface area contributed by atoms with Gasteiger partial charge in [0.05, 0.1) is 5.69 Å². The molecule has 5 fully saturated rings. The summed E-state index contributed by atoms with van der Waals surface area (Å²) in [5.74, 6) is 0.495. The molecular formula is C22H28ClN3O4S. The highest BCUT2D eigenvalue weighted by Gasteiger charge is 2.61. The van der Waals surface area contributed by atoms with Crippen molar-refractivity contribution < 1.29 is 18.0 Å². The lowest BCUT2D eigenvalue weighted by atomic mass is 9.47. The van der Waals surface area contributed by atoms with Gasteiger partial charge in [0.15, 0.2) is 0 Å². The van der Waals surface area contributed by atoms with Crippen LogP contribution in [0.25, 0.3) is 0 Å². The van der Waals surface area contributed by atoms with Crippen molar-refractivity contribution in [3.8, 4) is 0 Å². The molecule has 0 heterocycles. The van der Waals surface area contributed by atoms with Crippen LogP contribution in [0.5, 0.6) is 0 Å². The summed E-state index contributed by atoms with van der Waals surface area (Å²) in [5, 5.41) is 3.69. The molecule has 2 amide bonds. The average molecular weight is 466 g/mol. The Bertz CT molecular complexity index is 1010. The Kier molecular flexibility index (Phi) is 4.83. The van der Waals surface area contributed by atoms with E-state index in [9.17, 15) is 18.0 Å². The van der Waals surface area contributed by atoms with Crippen molar-refractivity contribution in [1.29, 1.82) is 0 Å². The number of hydrogen-bond acceptors (Lipinski definition) is 4. The van der Waals surface area contributed by atoms with E-state index >= 15 is 0 Å². The lowest BCUT2D eigenvalue weighted by Crippen LogP contribution is -2.64.